The number of aryl methyl sites for hydroxylation is 1. The number of aromatic nitrogens is 1. The second kappa shape index (κ2) is 6.37. The van der Waals surface area contributed by atoms with Crippen molar-refractivity contribution in [3.63, 3.8) is 0 Å². The Hall–Kier alpha value is -1.10. The molecule has 1 aromatic carbocycles. The quantitative estimate of drug-likeness (QED) is 0.907. The zero-order valence-corrected chi connectivity index (χ0v) is 12.8. The van der Waals surface area contributed by atoms with Crippen LogP contribution in [0.4, 0.5) is 0 Å². The number of methoxy groups -OCH3 is 1. The summed E-state index contributed by atoms with van der Waals surface area (Å²) in [5, 5.41) is 5.23. The molecule has 0 aliphatic heterocycles. The first kappa shape index (κ1) is 14.3. The summed E-state index contributed by atoms with van der Waals surface area (Å²) in [6.07, 6.45) is 1.90. The van der Waals surface area contributed by atoms with Crippen LogP contribution in [-0.4, -0.2) is 12.1 Å². The molecule has 1 atom stereocenters. The van der Waals surface area contributed by atoms with Crippen molar-refractivity contribution in [3.05, 3.63) is 44.9 Å². The summed E-state index contributed by atoms with van der Waals surface area (Å²) in [7, 11) is 1.66. The number of thiazole rings is 1. The number of nitrogens with one attached hydrogen (secondary N) is 1. The molecular weight excluding hydrogens is 280 g/mol. The number of rotatable bonds is 5. The number of halogens is 1. The molecule has 5 heteroatoms. The van der Waals surface area contributed by atoms with Crippen molar-refractivity contribution in [1.29, 1.82) is 0 Å². The minimum atomic E-state index is 0.194. The molecule has 0 aliphatic carbocycles. The highest BCUT2D eigenvalue weighted by molar-refractivity contribution is 7.11. The van der Waals surface area contributed by atoms with Crippen molar-refractivity contribution in [1.82, 2.24) is 10.3 Å². The highest BCUT2D eigenvalue weighted by Crippen LogP contribution is 2.27. The van der Waals surface area contributed by atoms with E-state index in [1.807, 2.05) is 24.4 Å². The van der Waals surface area contributed by atoms with E-state index >= 15 is 0 Å². The van der Waals surface area contributed by atoms with Crippen LogP contribution in [0.3, 0.4) is 0 Å². The first-order valence-electron chi connectivity index (χ1n) is 6.09. The van der Waals surface area contributed by atoms with Crippen LogP contribution < -0.4 is 10.1 Å². The molecule has 1 heterocycles. The first-order valence-corrected chi connectivity index (χ1v) is 7.28. The van der Waals surface area contributed by atoms with Crippen LogP contribution in [0.15, 0.2) is 24.4 Å². The molecule has 1 N–H and O–H groups in total. The average molecular weight is 297 g/mol. The second-order valence-corrected chi connectivity index (χ2v) is 6.01. The molecule has 0 fully saturated rings. The third-order valence-corrected chi connectivity index (χ3v) is 4.34. The topological polar surface area (TPSA) is 34.1 Å². The zero-order chi connectivity index (χ0) is 13.8. The van der Waals surface area contributed by atoms with Crippen molar-refractivity contribution >= 4 is 22.9 Å². The Morgan fingerprint density at radius 1 is 1.47 bits per heavy atom. The molecule has 102 valence electrons. The smallest absolute Gasteiger partial charge is 0.124 e. The van der Waals surface area contributed by atoms with E-state index in [0.717, 1.165) is 21.3 Å². The standard InChI is InChI=1S/C14H17ClN2OS/c1-9-7-17-14(19-9)10(2)16-8-11-12(15)5-4-6-13(11)18-3/h4-7,10,16H,8H2,1-3H3. The Morgan fingerprint density at radius 2 is 2.26 bits per heavy atom. The molecule has 19 heavy (non-hydrogen) atoms. The first-order chi connectivity index (χ1) is 9.11. The van der Waals surface area contributed by atoms with Gasteiger partial charge in [-0.05, 0) is 26.0 Å². The fourth-order valence-corrected chi connectivity index (χ4v) is 2.85. The number of ether oxygens (including phenoxy) is 1. The van der Waals surface area contributed by atoms with Crippen LogP contribution in [-0.2, 0) is 6.54 Å². The monoisotopic (exact) mass is 296 g/mol. The molecule has 2 rings (SSSR count). The number of hydrogen-bond acceptors (Lipinski definition) is 4. The van der Waals surface area contributed by atoms with Gasteiger partial charge in [-0.25, -0.2) is 4.98 Å². The average Bonchev–Trinajstić information content (AvgIpc) is 2.83. The molecule has 0 spiro atoms. The number of hydrogen-bond donors (Lipinski definition) is 1. The summed E-state index contributed by atoms with van der Waals surface area (Å²) in [6, 6.07) is 5.87. The Balaban J connectivity index is 2.06. The summed E-state index contributed by atoms with van der Waals surface area (Å²) in [6.45, 7) is 4.81. The second-order valence-electron chi connectivity index (χ2n) is 4.33. The van der Waals surface area contributed by atoms with Crippen LogP contribution in [0.1, 0.15) is 28.4 Å². The van der Waals surface area contributed by atoms with E-state index < -0.39 is 0 Å². The van der Waals surface area contributed by atoms with Crippen LogP contribution in [0.2, 0.25) is 5.02 Å². The van der Waals surface area contributed by atoms with Crippen LogP contribution in [0.25, 0.3) is 0 Å². The van der Waals surface area contributed by atoms with Gasteiger partial charge < -0.3 is 10.1 Å². The Bertz CT molecular complexity index is 556. The third kappa shape index (κ3) is 3.47. The van der Waals surface area contributed by atoms with Crippen LogP contribution in [0.5, 0.6) is 5.75 Å². The molecular formula is C14H17ClN2OS. The molecule has 1 aromatic heterocycles. The summed E-state index contributed by atoms with van der Waals surface area (Å²) in [5.41, 5.74) is 0.979. The molecule has 2 aromatic rings. The van der Waals surface area contributed by atoms with Crippen molar-refractivity contribution in [2.45, 2.75) is 26.4 Å². The highest BCUT2D eigenvalue weighted by atomic mass is 35.5. The van der Waals surface area contributed by atoms with Gasteiger partial charge in [0.25, 0.3) is 0 Å². The van der Waals surface area contributed by atoms with Crippen molar-refractivity contribution in [2.75, 3.05) is 7.11 Å². The molecule has 0 saturated carbocycles. The summed E-state index contributed by atoms with van der Waals surface area (Å²) < 4.78 is 5.33. The van der Waals surface area contributed by atoms with E-state index in [1.165, 1.54) is 4.88 Å². The van der Waals surface area contributed by atoms with Gasteiger partial charge in [-0.3, -0.25) is 0 Å². The summed E-state index contributed by atoms with van der Waals surface area (Å²) in [5.74, 6) is 0.808. The minimum Gasteiger partial charge on any atom is -0.496 e. The SMILES string of the molecule is COc1cccc(Cl)c1CNC(C)c1ncc(C)s1. The Morgan fingerprint density at radius 3 is 2.89 bits per heavy atom. The van der Waals surface area contributed by atoms with Crippen molar-refractivity contribution in [3.8, 4) is 5.75 Å². The summed E-state index contributed by atoms with van der Waals surface area (Å²) >= 11 is 7.92. The molecule has 0 aliphatic rings. The van der Waals surface area contributed by atoms with Gasteiger partial charge in [-0.2, -0.15) is 0 Å². The largest absolute Gasteiger partial charge is 0.496 e. The van der Waals surface area contributed by atoms with Crippen LogP contribution >= 0.6 is 22.9 Å². The van der Waals surface area contributed by atoms with Gasteiger partial charge in [0.05, 0.1) is 13.2 Å². The summed E-state index contributed by atoms with van der Waals surface area (Å²) in [4.78, 5) is 5.61. The molecule has 0 bridgehead atoms. The van der Waals surface area contributed by atoms with Crippen LogP contribution in [0, 0.1) is 6.92 Å². The maximum absolute atomic E-state index is 6.21. The maximum atomic E-state index is 6.21. The Kier molecular flexibility index (Phi) is 4.80. The van der Waals surface area contributed by atoms with E-state index in [0.29, 0.717) is 6.54 Å². The lowest BCUT2D eigenvalue weighted by Gasteiger charge is -2.14. The van der Waals surface area contributed by atoms with E-state index in [1.54, 1.807) is 18.4 Å². The fourth-order valence-electron chi connectivity index (χ4n) is 1.82. The number of nitrogens with zero attached hydrogens (tertiary/aromatic N) is 1. The fraction of sp³-hybridized carbons (Fsp3) is 0.357. The predicted octanol–water partition coefficient (Wildman–Crippen LogP) is 3.96. The van der Waals surface area contributed by atoms with Gasteiger partial charge in [-0.1, -0.05) is 17.7 Å². The maximum Gasteiger partial charge on any atom is 0.124 e. The van der Waals surface area contributed by atoms with Gasteiger partial charge in [-0.15, -0.1) is 11.3 Å². The molecule has 0 saturated heterocycles. The minimum absolute atomic E-state index is 0.194. The molecule has 0 amide bonds. The predicted molar refractivity (Wildman–Crippen MR) is 80.1 cm³/mol. The lowest BCUT2D eigenvalue weighted by molar-refractivity contribution is 0.406. The lowest BCUT2D eigenvalue weighted by Crippen LogP contribution is -2.18. The van der Waals surface area contributed by atoms with Crippen molar-refractivity contribution in [2.24, 2.45) is 0 Å². The van der Waals surface area contributed by atoms with E-state index in [4.69, 9.17) is 16.3 Å². The van der Waals surface area contributed by atoms with Crippen molar-refractivity contribution < 1.29 is 4.74 Å². The normalized spacial score (nSPS) is 12.4. The van der Waals surface area contributed by atoms with Gasteiger partial charge in [0.2, 0.25) is 0 Å². The zero-order valence-electron chi connectivity index (χ0n) is 11.2. The van der Waals surface area contributed by atoms with E-state index in [9.17, 15) is 0 Å². The highest BCUT2D eigenvalue weighted by Gasteiger charge is 2.12. The Labute approximate surface area is 122 Å². The van der Waals surface area contributed by atoms with Gasteiger partial charge in [0.1, 0.15) is 10.8 Å². The molecule has 3 nitrogen and oxygen atoms in total. The number of benzene rings is 1. The van der Waals surface area contributed by atoms with Gasteiger partial charge in [0, 0.05) is 28.2 Å². The van der Waals surface area contributed by atoms with Gasteiger partial charge >= 0.3 is 0 Å². The molecule has 1 unspecified atom stereocenters. The third-order valence-electron chi connectivity index (χ3n) is 2.89. The molecule has 0 radical (unpaired) electrons. The van der Waals surface area contributed by atoms with E-state index in [2.05, 4.69) is 24.1 Å². The van der Waals surface area contributed by atoms with Gasteiger partial charge in [0.15, 0.2) is 0 Å². The lowest BCUT2D eigenvalue weighted by atomic mass is 10.2. The van der Waals surface area contributed by atoms with E-state index in [-0.39, 0.29) is 6.04 Å².